The summed E-state index contributed by atoms with van der Waals surface area (Å²) in [4.78, 5) is 0. The minimum atomic E-state index is -5.66. The van der Waals surface area contributed by atoms with Crippen LogP contribution in [-0.2, 0) is 10.1 Å². The van der Waals surface area contributed by atoms with Gasteiger partial charge in [-0.05, 0) is 6.42 Å². The lowest BCUT2D eigenvalue weighted by atomic mass is 10.1. The van der Waals surface area contributed by atoms with Crippen LogP contribution < -0.4 is 6.15 Å². The molecule has 0 aromatic rings. The largest absolute Gasteiger partial charge is 0.400 e. The molecule has 1 unspecified atom stereocenters. The molecule has 0 aliphatic heterocycles. The van der Waals surface area contributed by atoms with E-state index in [1.165, 1.54) is 0 Å². The zero-order chi connectivity index (χ0) is 13.5. The molecule has 0 aliphatic rings. The van der Waals surface area contributed by atoms with Gasteiger partial charge in [-0.3, -0.25) is 4.55 Å². The molecule has 18 heavy (non-hydrogen) atoms. The molecule has 0 saturated carbocycles. The van der Waals surface area contributed by atoms with Gasteiger partial charge in [-0.1, -0.05) is 45.4 Å². The molecule has 4 nitrogen and oxygen atoms in total. The van der Waals surface area contributed by atoms with E-state index in [2.05, 4.69) is 0 Å². The highest BCUT2D eigenvalue weighted by atomic mass is 32.2. The van der Waals surface area contributed by atoms with Crippen molar-refractivity contribution in [1.82, 2.24) is 6.15 Å². The van der Waals surface area contributed by atoms with Gasteiger partial charge in [-0.15, -0.1) is 0 Å². The van der Waals surface area contributed by atoms with Gasteiger partial charge < -0.3 is 6.15 Å². The minimum Gasteiger partial charge on any atom is -0.344 e. The first-order valence-electron chi connectivity index (χ1n) is 5.72. The first-order chi connectivity index (χ1) is 7.73. The van der Waals surface area contributed by atoms with E-state index in [1.807, 2.05) is 6.92 Å². The Morgan fingerprint density at radius 2 is 1.56 bits per heavy atom. The molecule has 0 aromatic carbocycles. The standard InChI is InChI=1S/C10H19F3O3S.H3N/c1-2-3-4-5-6-7-8-9(11)10(12,13)17(14,15)16;/h9H,2-8H2,1H3,(H,14,15,16);1H3. The average Bonchev–Trinajstić information content (AvgIpc) is 2.21. The summed E-state index contributed by atoms with van der Waals surface area (Å²) in [5.74, 6) is 0. The highest BCUT2D eigenvalue weighted by molar-refractivity contribution is 7.86. The summed E-state index contributed by atoms with van der Waals surface area (Å²) in [7, 11) is -5.66. The number of halogens is 3. The van der Waals surface area contributed by atoms with E-state index in [-0.39, 0.29) is 12.6 Å². The third kappa shape index (κ3) is 6.55. The van der Waals surface area contributed by atoms with Gasteiger partial charge in [0.2, 0.25) is 0 Å². The Morgan fingerprint density at radius 1 is 1.11 bits per heavy atom. The third-order valence-electron chi connectivity index (χ3n) is 2.52. The van der Waals surface area contributed by atoms with Gasteiger partial charge in [0, 0.05) is 0 Å². The van der Waals surface area contributed by atoms with Crippen LogP contribution in [-0.4, -0.2) is 24.4 Å². The van der Waals surface area contributed by atoms with Gasteiger partial charge >= 0.3 is 15.4 Å². The maximum Gasteiger partial charge on any atom is 0.400 e. The van der Waals surface area contributed by atoms with Crippen LogP contribution >= 0.6 is 0 Å². The second kappa shape index (κ2) is 8.71. The third-order valence-corrected chi connectivity index (χ3v) is 3.46. The summed E-state index contributed by atoms with van der Waals surface area (Å²) >= 11 is 0. The molecule has 0 radical (unpaired) electrons. The minimum absolute atomic E-state index is 0. The molecule has 1 atom stereocenters. The second-order valence-electron chi connectivity index (χ2n) is 4.06. The first-order valence-corrected chi connectivity index (χ1v) is 7.16. The summed E-state index contributed by atoms with van der Waals surface area (Å²) in [6, 6.07) is 0. The molecular formula is C10H22F3NO3S. The van der Waals surface area contributed by atoms with Crippen molar-refractivity contribution in [2.75, 3.05) is 0 Å². The van der Waals surface area contributed by atoms with Gasteiger partial charge in [-0.2, -0.15) is 17.2 Å². The molecule has 0 spiro atoms. The smallest absolute Gasteiger partial charge is 0.344 e. The van der Waals surface area contributed by atoms with E-state index in [9.17, 15) is 21.6 Å². The summed E-state index contributed by atoms with van der Waals surface area (Å²) < 4.78 is 67.1. The number of rotatable bonds is 9. The normalized spacial score (nSPS) is 14.1. The molecule has 8 heteroatoms. The Balaban J connectivity index is 0. The van der Waals surface area contributed by atoms with Crippen molar-refractivity contribution >= 4 is 10.1 Å². The highest BCUT2D eigenvalue weighted by Gasteiger charge is 2.52. The number of alkyl halides is 3. The lowest BCUT2D eigenvalue weighted by Crippen LogP contribution is -2.38. The van der Waals surface area contributed by atoms with E-state index >= 15 is 0 Å². The van der Waals surface area contributed by atoms with Crippen molar-refractivity contribution < 1.29 is 26.1 Å². The number of hydrogen-bond acceptors (Lipinski definition) is 3. The van der Waals surface area contributed by atoms with Crippen molar-refractivity contribution in [2.45, 2.75) is 63.3 Å². The second-order valence-corrected chi connectivity index (χ2v) is 5.56. The summed E-state index contributed by atoms with van der Waals surface area (Å²) in [5, 5.41) is -4.70. The van der Waals surface area contributed by atoms with E-state index < -0.39 is 28.0 Å². The molecule has 0 bridgehead atoms. The average molecular weight is 293 g/mol. The Morgan fingerprint density at radius 3 is 2.00 bits per heavy atom. The number of hydrogen-bond donors (Lipinski definition) is 2. The lowest BCUT2D eigenvalue weighted by molar-refractivity contribution is -0.00708. The fourth-order valence-electron chi connectivity index (χ4n) is 1.43. The van der Waals surface area contributed by atoms with Gasteiger partial charge in [0.15, 0.2) is 6.17 Å². The summed E-state index contributed by atoms with van der Waals surface area (Å²) in [6.07, 6.45) is 1.24. The molecule has 0 saturated heterocycles. The first kappa shape index (κ1) is 20.0. The predicted molar refractivity (Wildman–Crippen MR) is 64.4 cm³/mol. The van der Waals surface area contributed by atoms with Crippen LogP contribution in [0.5, 0.6) is 0 Å². The Labute approximate surface area is 106 Å². The monoisotopic (exact) mass is 293 g/mol. The quantitative estimate of drug-likeness (QED) is 0.501. The van der Waals surface area contributed by atoms with E-state index in [4.69, 9.17) is 4.55 Å². The molecule has 0 amide bonds. The van der Waals surface area contributed by atoms with Crippen LogP contribution in [0.4, 0.5) is 13.2 Å². The molecule has 112 valence electrons. The highest BCUT2D eigenvalue weighted by Crippen LogP contribution is 2.30. The predicted octanol–water partition coefficient (Wildman–Crippen LogP) is 3.72. The van der Waals surface area contributed by atoms with Crippen LogP contribution in [0, 0.1) is 0 Å². The van der Waals surface area contributed by atoms with Gasteiger partial charge in [0.1, 0.15) is 0 Å². The Hall–Kier alpha value is -0.340. The van der Waals surface area contributed by atoms with Crippen molar-refractivity contribution in [3.05, 3.63) is 0 Å². The van der Waals surface area contributed by atoms with Crippen molar-refractivity contribution in [3.8, 4) is 0 Å². The van der Waals surface area contributed by atoms with E-state index in [0.29, 0.717) is 6.42 Å². The Kier molecular flexibility index (Phi) is 9.67. The number of unbranched alkanes of at least 4 members (excludes halogenated alkanes) is 5. The topological polar surface area (TPSA) is 89.4 Å². The van der Waals surface area contributed by atoms with Crippen molar-refractivity contribution in [3.63, 3.8) is 0 Å². The fourth-order valence-corrected chi connectivity index (χ4v) is 1.87. The molecule has 4 N–H and O–H groups in total. The molecule has 0 aliphatic carbocycles. The van der Waals surface area contributed by atoms with Crippen LogP contribution in [0.2, 0.25) is 0 Å². The van der Waals surface area contributed by atoms with Crippen LogP contribution in [0.3, 0.4) is 0 Å². The lowest BCUT2D eigenvalue weighted by Gasteiger charge is -2.17. The zero-order valence-corrected chi connectivity index (χ0v) is 11.4. The van der Waals surface area contributed by atoms with Gasteiger partial charge in [0.05, 0.1) is 0 Å². The van der Waals surface area contributed by atoms with Crippen LogP contribution in [0.15, 0.2) is 0 Å². The molecular weight excluding hydrogens is 271 g/mol. The van der Waals surface area contributed by atoms with E-state index in [1.54, 1.807) is 0 Å². The molecule has 0 fully saturated rings. The maximum absolute atomic E-state index is 13.0. The maximum atomic E-state index is 13.0. The summed E-state index contributed by atoms with van der Waals surface area (Å²) in [6.45, 7) is 2.03. The Bertz CT molecular complexity index is 309. The molecule has 0 aromatic heterocycles. The zero-order valence-electron chi connectivity index (χ0n) is 10.5. The van der Waals surface area contributed by atoms with Gasteiger partial charge in [0.25, 0.3) is 0 Å². The van der Waals surface area contributed by atoms with Gasteiger partial charge in [-0.25, -0.2) is 4.39 Å². The van der Waals surface area contributed by atoms with E-state index in [0.717, 1.165) is 25.7 Å². The SMILES string of the molecule is CCCCCCCCC(F)C(F)(F)S(=O)(=O)O.N. The van der Waals surface area contributed by atoms with Crippen LogP contribution in [0.25, 0.3) is 0 Å². The molecule has 0 heterocycles. The fraction of sp³-hybridized carbons (Fsp3) is 1.00. The molecule has 0 rings (SSSR count). The summed E-state index contributed by atoms with van der Waals surface area (Å²) in [5.41, 5.74) is 0. The van der Waals surface area contributed by atoms with Crippen molar-refractivity contribution in [2.24, 2.45) is 0 Å². The van der Waals surface area contributed by atoms with Crippen LogP contribution in [0.1, 0.15) is 51.9 Å². The van der Waals surface area contributed by atoms with Crippen molar-refractivity contribution in [1.29, 1.82) is 0 Å².